The lowest BCUT2D eigenvalue weighted by Gasteiger charge is -2.39. The summed E-state index contributed by atoms with van der Waals surface area (Å²) in [5.74, 6) is 0. The van der Waals surface area contributed by atoms with E-state index in [2.05, 4.69) is 29.0 Å². The first kappa shape index (κ1) is 11.3. The molecule has 0 N–H and O–H groups in total. The Bertz CT molecular complexity index is 202. The number of halogens is 1. The fraction of sp³-hybridized carbons (Fsp3) is 1.00. The van der Waals surface area contributed by atoms with Gasteiger partial charge >= 0.3 is 0 Å². The van der Waals surface area contributed by atoms with Crippen molar-refractivity contribution < 1.29 is 4.39 Å². The molecule has 2 fully saturated rings. The largest absolute Gasteiger partial charge is 0.297 e. The van der Waals surface area contributed by atoms with Gasteiger partial charge in [-0.15, -0.1) is 0 Å². The molecular weight excluding hydrogens is 193 g/mol. The van der Waals surface area contributed by atoms with Gasteiger partial charge in [0, 0.05) is 46.3 Å². The fourth-order valence-electron chi connectivity index (χ4n) is 2.69. The van der Waals surface area contributed by atoms with Crippen LogP contribution in [0.5, 0.6) is 0 Å². The van der Waals surface area contributed by atoms with E-state index in [1.807, 2.05) is 0 Å². The molecule has 0 spiro atoms. The summed E-state index contributed by atoms with van der Waals surface area (Å²) in [6.07, 6.45) is 2.54. The standard InChI is InChI=1S/C11H22FN3/c1-13(2)15-7-4-11(5-8-15)14-6-3-10(12)9-14/h10-11H,3-9H2,1-2H3. The lowest BCUT2D eigenvalue weighted by molar-refractivity contribution is -0.0155. The fourth-order valence-corrected chi connectivity index (χ4v) is 2.69. The zero-order valence-corrected chi connectivity index (χ0v) is 9.82. The highest BCUT2D eigenvalue weighted by atomic mass is 19.1. The summed E-state index contributed by atoms with van der Waals surface area (Å²) in [6.45, 7) is 3.87. The van der Waals surface area contributed by atoms with Crippen LogP contribution in [0.4, 0.5) is 4.39 Å². The van der Waals surface area contributed by atoms with Crippen LogP contribution in [0.2, 0.25) is 0 Å². The van der Waals surface area contributed by atoms with Crippen molar-refractivity contribution in [1.82, 2.24) is 14.9 Å². The number of nitrogens with zero attached hydrogens (tertiary/aromatic N) is 3. The van der Waals surface area contributed by atoms with Gasteiger partial charge < -0.3 is 0 Å². The Labute approximate surface area is 91.8 Å². The van der Waals surface area contributed by atoms with Gasteiger partial charge in [-0.2, -0.15) is 0 Å². The lowest BCUT2D eigenvalue weighted by Crippen LogP contribution is -2.48. The molecule has 1 unspecified atom stereocenters. The molecular formula is C11H22FN3. The van der Waals surface area contributed by atoms with Gasteiger partial charge in [0.2, 0.25) is 0 Å². The van der Waals surface area contributed by atoms with Gasteiger partial charge in [-0.3, -0.25) is 4.90 Å². The van der Waals surface area contributed by atoms with Gasteiger partial charge in [0.25, 0.3) is 0 Å². The average molecular weight is 215 g/mol. The minimum absolute atomic E-state index is 0.572. The molecule has 2 heterocycles. The minimum Gasteiger partial charge on any atom is -0.297 e. The van der Waals surface area contributed by atoms with Crippen LogP contribution in [0.1, 0.15) is 19.3 Å². The van der Waals surface area contributed by atoms with E-state index in [1.165, 1.54) is 12.8 Å². The van der Waals surface area contributed by atoms with Gasteiger partial charge in [0.05, 0.1) is 0 Å². The number of rotatable bonds is 2. The summed E-state index contributed by atoms with van der Waals surface area (Å²) in [4.78, 5) is 2.34. The van der Waals surface area contributed by atoms with Crippen LogP contribution in [-0.4, -0.2) is 67.4 Å². The number of hydrogen-bond donors (Lipinski definition) is 0. The first-order valence-corrected chi connectivity index (χ1v) is 5.97. The topological polar surface area (TPSA) is 9.72 Å². The Morgan fingerprint density at radius 2 is 1.73 bits per heavy atom. The molecule has 2 aliphatic rings. The van der Waals surface area contributed by atoms with E-state index in [0.29, 0.717) is 12.6 Å². The van der Waals surface area contributed by atoms with Crippen LogP contribution in [0.15, 0.2) is 0 Å². The third-order valence-electron chi connectivity index (χ3n) is 3.69. The number of likely N-dealkylation sites (tertiary alicyclic amines) is 1. The van der Waals surface area contributed by atoms with E-state index in [4.69, 9.17) is 0 Å². The van der Waals surface area contributed by atoms with Crippen molar-refractivity contribution in [3.05, 3.63) is 0 Å². The second-order valence-corrected chi connectivity index (χ2v) is 4.91. The molecule has 0 radical (unpaired) electrons. The summed E-state index contributed by atoms with van der Waals surface area (Å²) in [5.41, 5.74) is 0. The van der Waals surface area contributed by atoms with Gasteiger partial charge in [-0.25, -0.2) is 14.4 Å². The molecule has 0 aromatic heterocycles. The SMILES string of the molecule is CN(C)N1CCC(N2CCC(F)C2)CC1. The molecule has 0 amide bonds. The lowest BCUT2D eigenvalue weighted by atomic mass is 10.0. The van der Waals surface area contributed by atoms with Crippen molar-refractivity contribution >= 4 is 0 Å². The zero-order valence-electron chi connectivity index (χ0n) is 9.82. The minimum atomic E-state index is -0.572. The Balaban J connectivity index is 1.78. The average Bonchev–Trinajstić information content (AvgIpc) is 2.65. The van der Waals surface area contributed by atoms with Crippen LogP contribution >= 0.6 is 0 Å². The van der Waals surface area contributed by atoms with Gasteiger partial charge in [0.15, 0.2) is 0 Å². The highest BCUT2D eigenvalue weighted by molar-refractivity contribution is 4.84. The molecule has 15 heavy (non-hydrogen) atoms. The predicted molar refractivity (Wildman–Crippen MR) is 59.4 cm³/mol. The van der Waals surface area contributed by atoms with Crippen LogP contribution < -0.4 is 0 Å². The molecule has 1 atom stereocenters. The molecule has 2 saturated heterocycles. The maximum atomic E-state index is 13.1. The third kappa shape index (κ3) is 2.68. The molecule has 0 aliphatic carbocycles. The summed E-state index contributed by atoms with van der Waals surface area (Å²) in [5, 5.41) is 4.53. The van der Waals surface area contributed by atoms with E-state index in [9.17, 15) is 4.39 Å². The van der Waals surface area contributed by atoms with Crippen molar-refractivity contribution in [3.8, 4) is 0 Å². The van der Waals surface area contributed by atoms with E-state index in [-0.39, 0.29) is 0 Å². The third-order valence-corrected chi connectivity index (χ3v) is 3.69. The first-order valence-electron chi connectivity index (χ1n) is 5.97. The molecule has 0 bridgehead atoms. The molecule has 0 aromatic carbocycles. The van der Waals surface area contributed by atoms with E-state index in [1.54, 1.807) is 0 Å². The summed E-state index contributed by atoms with van der Waals surface area (Å²) in [7, 11) is 4.18. The molecule has 88 valence electrons. The normalized spacial score (nSPS) is 31.6. The van der Waals surface area contributed by atoms with E-state index in [0.717, 1.165) is 26.1 Å². The Kier molecular flexibility index (Phi) is 3.59. The van der Waals surface area contributed by atoms with Crippen LogP contribution in [-0.2, 0) is 0 Å². The predicted octanol–water partition coefficient (Wildman–Crippen LogP) is 0.971. The molecule has 4 heteroatoms. The van der Waals surface area contributed by atoms with Gasteiger partial charge in [0.1, 0.15) is 6.17 Å². The Morgan fingerprint density at radius 3 is 2.20 bits per heavy atom. The Morgan fingerprint density at radius 1 is 1.07 bits per heavy atom. The smallest absolute Gasteiger partial charge is 0.114 e. The van der Waals surface area contributed by atoms with E-state index >= 15 is 0 Å². The van der Waals surface area contributed by atoms with Crippen LogP contribution in [0, 0.1) is 0 Å². The highest BCUT2D eigenvalue weighted by Gasteiger charge is 2.30. The van der Waals surface area contributed by atoms with Crippen molar-refractivity contribution in [2.45, 2.75) is 31.5 Å². The molecule has 0 aromatic rings. The monoisotopic (exact) mass is 215 g/mol. The van der Waals surface area contributed by atoms with Crippen LogP contribution in [0.3, 0.4) is 0 Å². The quantitative estimate of drug-likeness (QED) is 0.679. The number of piperidine rings is 1. The summed E-state index contributed by atoms with van der Waals surface area (Å²) >= 11 is 0. The van der Waals surface area contributed by atoms with Crippen molar-refractivity contribution in [1.29, 1.82) is 0 Å². The van der Waals surface area contributed by atoms with Crippen molar-refractivity contribution in [2.75, 3.05) is 40.3 Å². The number of hydrazine groups is 1. The highest BCUT2D eigenvalue weighted by Crippen LogP contribution is 2.22. The van der Waals surface area contributed by atoms with Crippen molar-refractivity contribution in [3.63, 3.8) is 0 Å². The van der Waals surface area contributed by atoms with Gasteiger partial charge in [-0.1, -0.05) is 0 Å². The maximum absolute atomic E-state index is 13.1. The zero-order chi connectivity index (χ0) is 10.8. The van der Waals surface area contributed by atoms with Crippen molar-refractivity contribution in [2.24, 2.45) is 0 Å². The molecule has 2 aliphatic heterocycles. The first-order chi connectivity index (χ1) is 7.16. The second-order valence-electron chi connectivity index (χ2n) is 4.91. The van der Waals surface area contributed by atoms with E-state index < -0.39 is 6.17 Å². The second kappa shape index (κ2) is 4.76. The summed E-state index contributed by atoms with van der Waals surface area (Å²) in [6, 6.07) is 0.627. The van der Waals surface area contributed by atoms with Gasteiger partial charge in [-0.05, 0) is 19.3 Å². The maximum Gasteiger partial charge on any atom is 0.114 e. The Hall–Kier alpha value is -0.190. The summed E-state index contributed by atoms with van der Waals surface area (Å²) < 4.78 is 13.1. The number of alkyl halides is 1. The molecule has 2 rings (SSSR count). The molecule has 3 nitrogen and oxygen atoms in total. The van der Waals surface area contributed by atoms with Crippen LogP contribution in [0.25, 0.3) is 0 Å². The number of hydrogen-bond acceptors (Lipinski definition) is 3. The molecule has 0 saturated carbocycles.